The van der Waals surface area contributed by atoms with Gasteiger partial charge in [0, 0.05) is 52.1 Å². The lowest BCUT2D eigenvalue weighted by Gasteiger charge is -2.39. The summed E-state index contributed by atoms with van der Waals surface area (Å²) >= 11 is 1.53. The van der Waals surface area contributed by atoms with Gasteiger partial charge in [0.2, 0.25) is 0 Å². The third-order valence-corrected chi connectivity index (χ3v) is 8.94. The normalized spacial score (nSPS) is 15.2. The number of fused-ring (bicyclic) bond motifs is 2. The van der Waals surface area contributed by atoms with Crippen LogP contribution in [0, 0.1) is 5.82 Å². The minimum absolute atomic E-state index is 0.145. The summed E-state index contributed by atoms with van der Waals surface area (Å²) in [5.74, 6) is -0.939. The topological polar surface area (TPSA) is 132 Å². The summed E-state index contributed by atoms with van der Waals surface area (Å²) in [5, 5.41) is 16.8. The van der Waals surface area contributed by atoms with E-state index in [2.05, 4.69) is 30.5 Å². The van der Waals surface area contributed by atoms with E-state index in [1.165, 1.54) is 33.1 Å². The third kappa shape index (κ3) is 5.99. The summed E-state index contributed by atoms with van der Waals surface area (Å²) in [6, 6.07) is 13.0. The van der Waals surface area contributed by atoms with Crippen molar-refractivity contribution < 1.29 is 18.7 Å². The van der Waals surface area contributed by atoms with Crippen LogP contribution in [0.5, 0.6) is 0 Å². The smallest absolute Gasteiger partial charge is 0.410 e. The first-order chi connectivity index (χ1) is 22.7. The standard InChI is InChI=1S/C33H30FN9O3S/c1-33(2,3)46-32(45)41-15-5-6-22(19-41)42(29-24-17-28(20-10-14-37-38-18-20)47-27(24)11-13-36-29)31(44)23-9-8-21(16-25(23)34)43-30-26(39-40-43)7-4-12-35-30/h4,7-14,16-18,22H,5-6,15,19H2,1-3H3/t22-/m1/s1. The quantitative estimate of drug-likeness (QED) is 0.218. The van der Waals surface area contributed by atoms with Gasteiger partial charge in [0.1, 0.15) is 22.8 Å². The predicted octanol–water partition coefficient (Wildman–Crippen LogP) is 6.07. The molecular weight excluding hydrogens is 621 g/mol. The van der Waals surface area contributed by atoms with Crippen molar-refractivity contribution >= 4 is 50.4 Å². The Labute approximate surface area is 272 Å². The summed E-state index contributed by atoms with van der Waals surface area (Å²) in [6.07, 6.45) is 7.26. The average Bonchev–Trinajstić information content (AvgIpc) is 3.70. The van der Waals surface area contributed by atoms with Gasteiger partial charge in [-0.1, -0.05) is 5.21 Å². The molecule has 5 aromatic heterocycles. The number of carbonyl (C=O) groups is 2. The molecule has 0 saturated carbocycles. The number of amides is 2. The zero-order valence-electron chi connectivity index (χ0n) is 25.9. The minimum atomic E-state index is -0.738. The van der Waals surface area contributed by atoms with Crippen LogP contribution in [-0.2, 0) is 4.74 Å². The number of piperidine rings is 1. The van der Waals surface area contributed by atoms with Gasteiger partial charge in [0.25, 0.3) is 5.91 Å². The first kappa shape index (κ1) is 30.3. The molecule has 1 aliphatic rings. The summed E-state index contributed by atoms with van der Waals surface area (Å²) in [7, 11) is 0. The second-order valence-electron chi connectivity index (χ2n) is 12.2. The van der Waals surface area contributed by atoms with Crippen LogP contribution < -0.4 is 4.90 Å². The Morgan fingerprint density at radius 2 is 1.91 bits per heavy atom. The molecule has 1 fully saturated rings. The van der Waals surface area contributed by atoms with Crippen LogP contribution >= 0.6 is 11.3 Å². The van der Waals surface area contributed by atoms with Gasteiger partial charge in [-0.3, -0.25) is 9.69 Å². The van der Waals surface area contributed by atoms with Crippen LogP contribution in [-0.4, -0.2) is 76.8 Å². The second kappa shape index (κ2) is 12.1. The van der Waals surface area contributed by atoms with Gasteiger partial charge in [-0.25, -0.2) is 19.2 Å². The van der Waals surface area contributed by atoms with Crippen LogP contribution in [0.15, 0.2) is 73.3 Å². The maximum Gasteiger partial charge on any atom is 0.410 e. The summed E-state index contributed by atoms with van der Waals surface area (Å²) < 4.78 is 24.0. The molecule has 1 saturated heterocycles. The van der Waals surface area contributed by atoms with Crippen molar-refractivity contribution in [2.45, 2.75) is 45.3 Å². The number of nitrogens with zero attached hydrogens (tertiary/aromatic N) is 9. The van der Waals surface area contributed by atoms with Gasteiger partial charge >= 0.3 is 6.09 Å². The number of benzene rings is 1. The van der Waals surface area contributed by atoms with Gasteiger partial charge < -0.3 is 9.64 Å². The highest BCUT2D eigenvalue weighted by Gasteiger charge is 2.36. The number of halogens is 1. The first-order valence-corrected chi connectivity index (χ1v) is 15.9. The number of pyridine rings is 2. The van der Waals surface area contributed by atoms with E-state index in [0.29, 0.717) is 42.1 Å². The van der Waals surface area contributed by atoms with Gasteiger partial charge in [-0.15, -0.1) is 16.4 Å². The molecule has 0 N–H and O–H groups in total. The fourth-order valence-electron chi connectivity index (χ4n) is 5.69. The van der Waals surface area contributed by atoms with E-state index in [1.807, 2.05) is 39.0 Å². The molecule has 1 atom stereocenters. The second-order valence-corrected chi connectivity index (χ2v) is 13.3. The Bertz CT molecular complexity index is 2110. The number of ether oxygens (including phenoxy) is 1. The number of hydrogen-bond acceptors (Lipinski definition) is 10. The van der Waals surface area contributed by atoms with E-state index in [9.17, 15) is 9.59 Å². The van der Waals surface area contributed by atoms with Crippen LogP contribution in [0.2, 0.25) is 0 Å². The van der Waals surface area contributed by atoms with Gasteiger partial charge in [0.05, 0.1) is 29.7 Å². The molecule has 1 aliphatic heterocycles. The van der Waals surface area contributed by atoms with E-state index < -0.39 is 29.5 Å². The van der Waals surface area contributed by atoms with Crippen molar-refractivity contribution in [3.05, 3.63) is 84.7 Å². The fraction of sp³-hybridized carbons (Fsp3) is 0.273. The van der Waals surface area contributed by atoms with Gasteiger partial charge in [-0.05, 0) is 76.1 Å². The molecule has 6 aromatic rings. The van der Waals surface area contributed by atoms with Gasteiger partial charge in [0.15, 0.2) is 5.65 Å². The lowest BCUT2D eigenvalue weighted by molar-refractivity contribution is 0.0196. The number of likely N-dealkylation sites (tertiary alicyclic amines) is 1. The molecule has 0 aliphatic carbocycles. The molecule has 0 spiro atoms. The lowest BCUT2D eigenvalue weighted by Crippen LogP contribution is -2.53. The molecule has 1 aromatic carbocycles. The monoisotopic (exact) mass is 651 g/mol. The zero-order valence-corrected chi connectivity index (χ0v) is 26.7. The number of anilines is 1. The number of hydrogen-bond donors (Lipinski definition) is 0. The molecule has 7 rings (SSSR count). The maximum absolute atomic E-state index is 16.0. The van der Waals surface area contributed by atoms with Crippen molar-refractivity contribution in [2.75, 3.05) is 18.0 Å². The van der Waals surface area contributed by atoms with E-state index in [0.717, 1.165) is 20.5 Å². The Kier molecular flexibility index (Phi) is 7.80. The van der Waals surface area contributed by atoms with Crippen molar-refractivity contribution in [3.63, 3.8) is 0 Å². The summed E-state index contributed by atoms with van der Waals surface area (Å²) in [6.45, 7) is 6.10. The Balaban J connectivity index is 1.30. The molecule has 6 heterocycles. The predicted molar refractivity (Wildman–Crippen MR) is 175 cm³/mol. The van der Waals surface area contributed by atoms with Crippen molar-refractivity contribution in [3.8, 4) is 16.1 Å². The van der Waals surface area contributed by atoms with Crippen molar-refractivity contribution in [1.82, 2.24) is 40.1 Å². The van der Waals surface area contributed by atoms with E-state index in [4.69, 9.17) is 4.74 Å². The Morgan fingerprint density at radius 1 is 1.04 bits per heavy atom. The number of aromatic nitrogens is 7. The number of thiophene rings is 1. The Morgan fingerprint density at radius 3 is 2.70 bits per heavy atom. The lowest BCUT2D eigenvalue weighted by atomic mass is 10.0. The molecule has 0 radical (unpaired) electrons. The molecule has 12 nitrogen and oxygen atoms in total. The molecule has 0 bridgehead atoms. The van der Waals surface area contributed by atoms with E-state index in [1.54, 1.807) is 47.9 Å². The van der Waals surface area contributed by atoms with E-state index >= 15 is 4.39 Å². The van der Waals surface area contributed by atoms with Crippen LogP contribution in [0.1, 0.15) is 44.0 Å². The van der Waals surface area contributed by atoms with Crippen LogP contribution in [0.4, 0.5) is 15.0 Å². The van der Waals surface area contributed by atoms with Gasteiger partial charge in [-0.2, -0.15) is 14.9 Å². The maximum atomic E-state index is 16.0. The molecule has 2 amide bonds. The minimum Gasteiger partial charge on any atom is -0.444 e. The summed E-state index contributed by atoms with van der Waals surface area (Å²) in [5.41, 5.74) is 1.43. The molecule has 0 unspecified atom stereocenters. The Hall–Kier alpha value is -5.37. The fourth-order valence-corrected chi connectivity index (χ4v) is 6.73. The largest absolute Gasteiger partial charge is 0.444 e. The molecule has 238 valence electrons. The van der Waals surface area contributed by atoms with E-state index in [-0.39, 0.29) is 12.1 Å². The highest BCUT2D eigenvalue weighted by atomic mass is 32.1. The van der Waals surface area contributed by atoms with Crippen molar-refractivity contribution in [2.24, 2.45) is 0 Å². The number of carbonyl (C=O) groups excluding carboxylic acids is 2. The molecule has 14 heteroatoms. The van der Waals surface area contributed by atoms with Crippen LogP contribution in [0.25, 0.3) is 37.4 Å². The first-order valence-electron chi connectivity index (χ1n) is 15.1. The zero-order chi connectivity index (χ0) is 32.7. The average molecular weight is 652 g/mol. The molecular formula is C33H30FN9O3S. The number of rotatable bonds is 5. The van der Waals surface area contributed by atoms with Crippen LogP contribution in [0.3, 0.4) is 0 Å². The SMILES string of the molecule is CC(C)(C)OC(=O)N1CCC[C@@H](N(C(=O)c2ccc(-n3nnc4cccnc43)cc2F)c2nccc3sc(-c4ccnnc4)cc23)C1. The summed E-state index contributed by atoms with van der Waals surface area (Å²) in [4.78, 5) is 40.7. The van der Waals surface area contributed by atoms with Crippen molar-refractivity contribution in [1.29, 1.82) is 0 Å². The highest BCUT2D eigenvalue weighted by Crippen LogP contribution is 2.39. The highest BCUT2D eigenvalue weighted by molar-refractivity contribution is 7.22. The third-order valence-electron chi connectivity index (χ3n) is 7.79. The molecule has 47 heavy (non-hydrogen) atoms.